The molecule has 1 aliphatic rings. The number of nitrogens with zero attached hydrogens (tertiary/aromatic N) is 2. The first-order valence-corrected chi connectivity index (χ1v) is 7.32. The van der Waals surface area contributed by atoms with Gasteiger partial charge in [0.05, 0.1) is 5.52 Å². The topological polar surface area (TPSA) is 65.6 Å². The number of nitrogens with one attached hydrogen (secondary N) is 3. The summed E-state index contributed by atoms with van der Waals surface area (Å²) in [5.41, 5.74) is 2.68. The molecule has 5 nitrogen and oxygen atoms in total. The molecule has 106 valence electrons. The van der Waals surface area contributed by atoms with Crippen LogP contribution in [-0.4, -0.2) is 21.0 Å². The Morgan fingerprint density at radius 1 is 1.00 bits per heavy atom. The summed E-state index contributed by atoms with van der Waals surface area (Å²) in [6, 6.07) is 14.6. The second kappa shape index (κ2) is 5.09. The third-order valence-corrected chi connectivity index (χ3v) is 3.84. The van der Waals surface area contributed by atoms with E-state index in [1.807, 2.05) is 42.5 Å². The second-order valence-corrected chi connectivity index (χ2v) is 5.42. The smallest absolute Gasteiger partial charge is 0.207 e. The highest BCUT2D eigenvalue weighted by Gasteiger charge is 2.17. The Balaban J connectivity index is 1.57. The Kier molecular flexibility index (Phi) is 2.96. The van der Waals surface area contributed by atoms with E-state index in [9.17, 15) is 0 Å². The number of imidazole rings is 1. The van der Waals surface area contributed by atoms with E-state index in [1.165, 1.54) is 19.3 Å². The maximum Gasteiger partial charge on any atom is 0.207 e. The molecular weight excluding hydrogens is 262 g/mol. The Labute approximate surface area is 122 Å². The van der Waals surface area contributed by atoms with Crippen molar-refractivity contribution in [2.24, 2.45) is 0 Å². The zero-order valence-electron chi connectivity index (χ0n) is 11.6. The van der Waals surface area contributed by atoms with Gasteiger partial charge in [0.25, 0.3) is 0 Å². The highest BCUT2D eigenvalue weighted by Crippen LogP contribution is 2.24. The lowest BCUT2D eigenvalue weighted by molar-refractivity contribution is 0.444. The molecule has 1 saturated carbocycles. The van der Waals surface area contributed by atoms with Crippen molar-refractivity contribution in [3.05, 3.63) is 42.5 Å². The van der Waals surface area contributed by atoms with Crippen molar-refractivity contribution in [1.29, 1.82) is 0 Å². The quantitative estimate of drug-likeness (QED) is 0.682. The monoisotopic (exact) mass is 279 g/mol. The Hall–Kier alpha value is -2.56. The fourth-order valence-electron chi connectivity index (χ4n) is 2.45. The van der Waals surface area contributed by atoms with Gasteiger partial charge in [0.2, 0.25) is 5.95 Å². The maximum absolute atomic E-state index is 4.57. The van der Waals surface area contributed by atoms with Gasteiger partial charge >= 0.3 is 0 Å². The van der Waals surface area contributed by atoms with Gasteiger partial charge in [-0.05, 0) is 43.5 Å². The van der Waals surface area contributed by atoms with Crippen molar-refractivity contribution >= 4 is 28.6 Å². The van der Waals surface area contributed by atoms with Crippen molar-refractivity contribution in [2.75, 3.05) is 10.6 Å². The largest absolute Gasteiger partial charge is 0.367 e. The zero-order valence-corrected chi connectivity index (χ0v) is 11.6. The van der Waals surface area contributed by atoms with Crippen LogP contribution in [-0.2, 0) is 0 Å². The summed E-state index contributed by atoms with van der Waals surface area (Å²) in [5.74, 6) is 1.62. The number of benzene rings is 1. The molecule has 0 atom stereocenters. The molecule has 5 heteroatoms. The van der Waals surface area contributed by atoms with Crippen molar-refractivity contribution in [2.45, 2.75) is 25.3 Å². The molecule has 0 amide bonds. The van der Waals surface area contributed by atoms with Gasteiger partial charge in [-0.2, -0.15) is 4.98 Å². The molecule has 0 aliphatic heterocycles. The molecule has 3 aromatic rings. The minimum Gasteiger partial charge on any atom is -0.367 e. The van der Waals surface area contributed by atoms with Gasteiger partial charge in [0.1, 0.15) is 5.82 Å². The lowest BCUT2D eigenvalue weighted by Crippen LogP contribution is -2.27. The number of aromatic nitrogens is 3. The van der Waals surface area contributed by atoms with Crippen LogP contribution in [0.4, 0.5) is 17.5 Å². The van der Waals surface area contributed by atoms with E-state index in [1.54, 1.807) is 0 Å². The summed E-state index contributed by atoms with van der Waals surface area (Å²) < 4.78 is 0. The van der Waals surface area contributed by atoms with Gasteiger partial charge in [-0.1, -0.05) is 18.2 Å². The third-order valence-electron chi connectivity index (χ3n) is 3.84. The van der Waals surface area contributed by atoms with Crippen LogP contribution in [0.5, 0.6) is 0 Å². The molecule has 2 heterocycles. The second-order valence-electron chi connectivity index (χ2n) is 5.42. The molecule has 1 fully saturated rings. The summed E-state index contributed by atoms with van der Waals surface area (Å²) in [6.07, 6.45) is 3.79. The normalized spacial score (nSPS) is 14.9. The molecule has 0 unspecified atom stereocenters. The van der Waals surface area contributed by atoms with E-state index in [0.717, 1.165) is 22.7 Å². The predicted molar refractivity (Wildman–Crippen MR) is 84.9 cm³/mol. The lowest BCUT2D eigenvalue weighted by Gasteiger charge is -2.26. The third kappa shape index (κ3) is 2.54. The molecule has 0 saturated heterocycles. The Bertz CT molecular complexity index is 746. The van der Waals surface area contributed by atoms with E-state index >= 15 is 0 Å². The number of para-hydroxylation sites is 1. The van der Waals surface area contributed by atoms with Crippen LogP contribution in [0.25, 0.3) is 11.2 Å². The molecule has 0 bridgehead atoms. The van der Waals surface area contributed by atoms with Gasteiger partial charge in [0, 0.05) is 11.7 Å². The van der Waals surface area contributed by atoms with E-state index < -0.39 is 0 Å². The summed E-state index contributed by atoms with van der Waals surface area (Å²) in [6.45, 7) is 0. The van der Waals surface area contributed by atoms with Crippen LogP contribution < -0.4 is 10.6 Å². The van der Waals surface area contributed by atoms with Crippen LogP contribution >= 0.6 is 0 Å². The number of anilines is 3. The predicted octanol–water partition coefficient (Wildman–Crippen LogP) is 3.67. The Morgan fingerprint density at radius 2 is 1.86 bits per heavy atom. The van der Waals surface area contributed by atoms with Crippen LogP contribution in [0.2, 0.25) is 0 Å². The highest BCUT2D eigenvalue weighted by atomic mass is 15.2. The molecular formula is C16H17N5. The lowest BCUT2D eigenvalue weighted by atomic mass is 9.93. The number of hydrogen-bond donors (Lipinski definition) is 3. The summed E-state index contributed by atoms with van der Waals surface area (Å²) in [7, 11) is 0. The average molecular weight is 279 g/mol. The average Bonchev–Trinajstić information content (AvgIpc) is 2.85. The van der Waals surface area contributed by atoms with E-state index in [4.69, 9.17) is 0 Å². The summed E-state index contributed by atoms with van der Waals surface area (Å²) in [4.78, 5) is 12.3. The molecule has 1 aliphatic carbocycles. The highest BCUT2D eigenvalue weighted by molar-refractivity contribution is 5.76. The van der Waals surface area contributed by atoms with E-state index in [-0.39, 0.29) is 0 Å². The van der Waals surface area contributed by atoms with Crippen molar-refractivity contribution in [1.82, 2.24) is 15.0 Å². The fourth-order valence-corrected chi connectivity index (χ4v) is 2.45. The first-order chi connectivity index (χ1) is 10.4. The first-order valence-electron chi connectivity index (χ1n) is 7.32. The van der Waals surface area contributed by atoms with E-state index in [2.05, 4.69) is 25.6 Å². The summed E-state index contributed by atoms with van der Waals surface area (Å²) in [5, 5.41) is 6.69. The maximum atomic E-state index is 4.57. The number of hydrogen-bond acceptors (Lipinski definition) is 4. The van der Waals surface area contributed by atoms with Gasteiger partial charge in [0.15, 0.2) is 5.65 Å². The fraction of sp³-hybridized carbons (Fsp3) is 0.250. The standard InChI is InChI=1S/C16H17N5/c1-2-5-12(6-3-1)18-16-19-13-9-10-14(20-15(13)21-16)17-11-7-4-8-11/h1-3,5-6,9-11H,4,7-8H2,(H3,17,18,19,20,21). The molecule has 0 radical (unpaired) electrons. The van der Waals surface area contributed by atoms with Crippen LogP contribution in [0.15, 0.2) is 42.5 Å². The number of H-pyrrole nitrogens is 1. The summed E-state index contributed by atoms with van der Waals surface area (Å²) >= 11 is 0. The number of pyridine rings is 1. The van der Waals surface area contributed by atoms with Gasteiger partial charge in [-0.3, -0.25) is 0 Å². The molecule has 1 aromatic carbocycles. The molecule has 0 spiro atoms. The molecule has 2 aromatic heterocycles. The van der Waals surface area contributed by atoms with Gasteiger partial charge in [-0.25, -0.2) is 4.98 Å². The minimum absolute atomic E-state index is 0.579. The molecule has 4 rings (SSSR count). The number of aromatic amines is 1. The van der Waals surface area contributed by atoms with E-state index in [0.29, 0.717) is 12.0 Å². The van der Waals surface area contributed by atoms with Crippen molar-refractivity contribution < 1.29 is 0 Å². The van der Waals surface area contributed by atoms with Gasteiger partial charge < -0.3 is 15.6 Å². The van der Waals surface area contributed by atoms with Crippen molar-refractivity contribution in [3.8, 4) is 0 Å². The van der Waals surface area contributed by atoms with Gasteiger partial charge in [-0.15, -0.1) is 0 Å². The Morgan fingerprint density at radius 3 is 2.62 bits per heavy atom. The van der Waals surface area contributed by atoms with Crippen LogP contribution in [0.3, 0.4) is 0 Å². The molecule has 21 heavy (non-hydrogen) atoms. The first kappa shape index (κ1) is 12.2. The molecule has 3 N–H and O–H groups in total. The SMILES string of the molecule is c1ccc(Nc2nc3nc(NC4CCC4)ccc3[nH]2)cc1. The van der Waals surface area contributed by atoms with Crippen LogP contribution in [0, 0.1) is 0 Å². The van der Waals surface area contributed by atoms with Crippen LogP contribution in [0.1, 0.15) is 19.3 Å². The zero-order chi connectivity index (χ0) is 14.1. The van der Waals surface area contributed by atoms with Crippen molar-refractivity contribution in [3.63, 3.8) is 0 Å². The minimum atomic E-state index is 0.579. The number of fused-ring (bicyclic) bond motifs is 1. The number of rotatable bonds is 4.